The molecule has 0 N–H and O–H groups in total. The smallest absolute Gasteiger partial charge is 0.167 e. The van der Waals surface area contributed by atoms with Gasteiger partial charge in [-0.3, -0.25) is 4.79 Å². The molecule has 3 unspecified atom stereocenters. The lowest BCUT2D eigenvalue weighted by Gasteiger charge is -2.32. The summed E-state index contributed by atoms with van der Waals surface area (Å²) < 4.78 is -1.59. The summed E-state index contributed by atoms with van der Waals surface area (Å²) in [6.07, 6.45) is 0.190. The first-order valence-electron chi connectivity index (χ1n) is 4.43. The molecule has 0 spiro atoms. The van der Waals surface area contributed by atoms with Gasteiger partial charge in [-0.2, -0.15) is 0 Å². The van der Waals surface area contributed by atoms with Crippen molar-refractivity contribution >= 4 is 75.4 Å². The molecule has 0 saturated heterocycles. The summed E-state index contributed by atoms with van der Waals surface area (Å²) in [6.45, 7) is 1.40. The number of alkyl halides is 4. The highest BCUT2D eigenvalue weighted by Gasteiger charge is 2.79. The van der Waals surface area contributed by atoms with E-state index in [4.69, 9.17) is 69.6 Å². The number of hydrogen-bond donors (Lipinski definition) is 0. The number of rotatable bonds is 1. The molecule has 16 heavy (non-hydrogen) atoms. The van der Waals surface area contributed by atoms with E-state index in [1.54, 1.807) is 0 Å². The largest absolute Gasteiger partial charge is 0.300 e. The molecule has 1 saturated carbocycles. The molecule has 7 heteroatoms. The first-order valence-corrected chi connectivity index (χ1v) is 6.69. The van der Waals surface area contributed by atoms with Crippen LogP contribution < -0.4 is 0 Å². The summed E-state index contributed by atoms with van der Waals surface area (Å²) >= 11 is 37.0. The molecule has 0 aromatic carbocycles. The van der Waals surface area contributed by atoms with Gasteiger partial charge in [0.25, 0.3) is 0 Å². The highest BCUT2D eigenvalue weighted by molar-refractivity contribution is 6.66. The fourth-order valence-corrected chi connectivity index (χ4v) is 5.15. The van der Waals surface area contributed by atoms with Crippen LogP contribution in [-0.2, 0) is 4.79 Å². The Hall–Kier alpha value is 1.15. The maximum atomic E-state index is 11.5. The van der Waals surface area contributed by atoms with E-state index in [2.05, 4.69) is 0 Å². The number of ketones is 1. The van der Waals surface area contributed by atoms with Crippen molar-refractivity contribution in [3.8, 4) is 0 Å². The zero-order chi connectivity index (χ0) is 12.5. The summed E-state index contributed by atoms with van der Waals surface area (Å²) in [5.74, 6) is -0.790. The molecule has 1 nitrogen and oxygen atoms in total. The van der Waals surface area contributed by atoms with Gasteiger partial charge in [0.15, 0.2) is 4.33 Å². The molecule has 0 aromatic rings. The van der Waals surface area contributed by atoms with Gasteiger partial charge in [0, 0.05) is 5.92 Å². The van der Waals surface area contributed by atoms with Crippen LogP contribution in [0.15, 0.2) is 10.1 Å². The third-order valence-corrected chi connectivity index (χ3v) is 7.55. The van der Waals surface area contributed by atoms with Crippen LogP contribution >= 0.6 is 69.6 Å². The molecule has 1 fully saturated rings. The molecule has 0 aromatic heterocycles. The van der Waals surface area contributed by atoms with Gasteiger partial charge in [-0.15, -0.1) is 23.2 Å². The van der Waals surface area contributed by atoms with Crippen molar-refractivity contribution in [3.63, 3.8) is 0 Å². The Morgan fingerprint density at radius 2 is 1.69 bits per heavy atom. The molecule has 0 heterocycles. The van der Waals surface area contributed by atoms with Crippen LogP contribution in [-0.4, -0.2) is 19.9 Å². The first-order chi connectivity index (χ1) is 7.10. The minimum absolute atomic E-state index is 0.0716. The first kappa shape index (κ1) is 13.6. The molecular weight excluding hydrogens is 337 g/mol. The monoisotopic (exact) mass is 340 g/mol. The van der Waals surface area contributed by atoms with Crippen LogP contribution in [0.1, 0.15) is 13.3 Å². The van der Waals surface area contributed by atoms with Crippen molar-refractivity contribution < 1.29 is 4.79 Å². The molecule has 0 amide bonds. The topological polar surface area (TPSA) is 17.1 Å². The Kier molecular flexibility index (Phi) is 3.04. The molecular formula is C9H6Cl6O. The van der Waals surface area contributed by atoms with Gasteiger partial charge in [-0.05, 0) is 13.3 Å². The third kappa shape index (κ3) is 1.21. The Balaban J connectivity index is 2.69. The highest BCUT2D eigenvalue weighted by Crippen LogP contribution is 2.74. The minimum Gasteiger partial charge on any atom is -0.300 e. The summed E-state index contributed by atoms with van der Waals surface area (Å²) in [5, 5.41) is 0.204. The van der Waals surface area contributed by atoms with E-state index in [1.165, 1.54) is 6.92 Å². The Morgan fingerprint density at radius 3 is 2.00 bits per heavy atom. The maximum absolute atomic E-state index is 11.5. The van der Waals surface area contributed by atoms with Gasteiger partial charge in [0.2, 0.25) is 0 Å². The number of fused-ring (bicyclic) bond motifs is 2. The Bertz CT molecular complexity index is 416. The standard InChI is InChI=1S/C9H6Cl6O/c1-3(16)4-2-7(12)5(10)6(11)8(4,13)9(7,14)15/h4H,2H2,1H3. The number of allylic oxidation sites excluding steroid dienone is 2. The lowest BCUT2D eigenvalue weighted by molar-refractivity contribution is -0.121. The third-order valence-electron chi connectivity index (χ3n) is 3.27. The fraction of sp³-hybridized carbons (Fsp3) is 0.667. The van der Waals surface area contributed by atoms with Gasteiger partial charge in [-0.25, -0.2) is 0 Å². The van der Waals surface area contributed by atoms with Crippen molar-refractivity contribution in [1.29, 1.82) is 0 Å². The fourth-order valence-electron chi connectivity index (χ4n) is 2.33. The van der Waals surface area contributed by atoms with Crippen molar-refractivity contribution in [2.24, 2.45) is 5.92 Å². The van der Waals surface area contributed by atoms with Crippen molar-refractivity contribution in [3.05, 3.63) is 10.1 Å². The number of carbonyl (C=O) groups excluding carboxylic acids is 1. The molecule has 0 aliphatic heterocycles. The van der Waals surface area contributed by atoms with E-state index >= 15 is 0 Å². The normalized spacial score (nSPS) is 45.3. The van der Waals surface area contributed by atoms with Gasteiger partial charge in [0.1, 0.15) is 15.5 Å². The Morgan fingerprint density at radius 1 is 1.19 bits per heavy atom. The van der Waals surface area contributed by atoms with Gasteiger partial charge >= 0.3 is 0 Å². The van der Waals surface area contributed by atoms with Crippen LogP contribution in [0.5, 0.6) is 0 Å². The molecule has 90 valence electrons. The van der Waals surface area contributed by atoms with Gasteiger partial charge < -0.3 is 0 Å². The summed E-state index contributed by atoms with van der Waals surface area (Å²) in [6, 6.07) is 0. The zero-order valence-electron chi connectivity index (χ0n) is 7.96. The van der Waals surface area contributed by atoms with E-state index in [9.17, 15) is 4.79 Å². The van der Waals surface area contributed by atoms with E-state index in [1.807, 2.05) is 0 Å². The second kappa shape index (κ2) is 3.59. The predicted molar refractivity (Wildman–Crippen MR) is 69.1 cm³/mol. The van der Waals surface area contributed by atoms with Crippen molar-refractivity contribution in [1.82, 2.24) is 0 Å². The predicted octanol–water partition coefficient (Wildman–Crippen LogP) is 4.43. The number of halogens is 6. The molecule has 3 atom stereocenters. The molecule has 2 rings (SSSR count). The average Bonchev–Trinajstić information content (AvgIpc) is 2.39. The molecule has 2 aliphatic carbocycles. The SMILES string of the molecule is CC(=O)C1CC2(Cl)C(Cl)=C(Cl)C1(Cl)C2(Cl)Cl. The second-order valence-electron chi connectivity index (χ2n) is 4.08. The van der Waals surface area contributed by atoms with E-state index < -0.39 is 20.0 Å². The summed E-state index contributed by atoms with van der Waals surface area (Å²) in [5.41, 5.74) is 0. The van der Waals surface area contributed by atoms with Crippen molar-refractivity contribution in [2.45, 2.75) is 27.4 Å². The van der Waals surface area contributed by atoms with Crippen molar-refractivity contribution in [2.75, 3.05) is 0 Å². The lowest BCUT2D eigenvalue weighted by Crippen LogP contribution is -2.45. The molecule has 2 aliphatic rings. The Labute approximate surface area is 123 Å². The van der Waals surface area contributed by atoms with E-state index in [-0.39, 0.29) is 22.3 Å². The van der Waals surface area contributed by atoms with Gasteiger partial charge in [-0.1, -0.05) is 46.4 Å². The number of carbonyl (C=O) groups is 1. The van der Waals surface area contributed by atoms with E-state index in [0.29, 0.717) is 0 Å². The van der Waals surface area contributed by atoms with Crippen LogP contribution in [0.2, 0.25) is 0 Å². The maximum Gasteiger partial charge on any atom is 0.167 e. The average molecular weight is 343 g/mol. The van der Waals surface area contributed by atoms with Crippen LogP contribution in [0, 0.1) is 5.92 Å². The summed E-state index contributed by atoms with van der Waals surface area (Å²) in [4.78, 5) is 8.83. The van der Waals surface area contributed by atoms with Crippen LogP contribution in [0.25, 0.3) is 0 Å². The lowest BCUT2D eigenvalue weighted by atomic mass is 9.89. The molecule has 0 radical (unpaired) electrons. The quantitative estimate of drug-likeness (QED) is 0.644. The molecule has 2 bridgehead atoms. The summed E-state index contributed by atoms with van der Waals surface area (Å²) in [7, 11) is 0. The van der Waals surface area contributed by atoms with Gasteiger partial charge in [0.05, 0.1) is 10.1 Å². The van der Waals surface area contributed by atoms with Crippen LogP contribution in [0.4, 0.5) is 0 Å². The van der Waals surface area contributed by atoms with E-state index in [0.717, 1.165) is 0 Å². The number of hydrogen-bond acceptors (Lipinski definition) is 1. The second-order valence-corrected chi connectivity index (χ2v) is 7.41. The zero-order valence-corrected chi connectivity index (χ0v) is 12.5. The number of Topliss-reactive ketones (excluding diaryl/α,β-unsaturated/α-hetero) is 1. The minimum atomic E-state index is -1.59. The van der Waals surface area contributed by atoms with Crippen LogP contribution in [0.3, 0.4) is 0 Å². The highest BCUT2D eigenvalue weighted by atomic mass is 35.5.